The van der Waals surface area contributed by atoms with E-state index in [1.54, 1.807) is 20.2 Å². The smallest absolute Gasteiger partial charge is 0.267 e. The minimum Gasteiger partial charge on any atom is -0.482 e. The lowest BCUT2D eigenvalue weighted by Crippen LogP contribution is -2.48. The van der Waals surface area contributed by atoms with Gasteiger partial charge in [-0.2, -0.15) is 0 Å². The summed E-state index contributed by atoms with van der Waals surface area (Å²) in [6.07, 6.45) is -0.838. The van der Waals surface area contributed by atoms with Crippen molar-refractivity contribution in [3.63, 3.8) is 0 Å². The molecule has 1 amide bonds. The molecule has 0 spiro atoms. The Balaban J connectivity index is 2.24. The van der Waals surface area contributed by atoms with Gasteiger partial charge in [0.2, 0.25) is 6.10 Å². The summed E-state index contributed by atoms with van der Waals surface area (Å²) in [6.45, 7) is 1.84. The zero-order chi connectivity index (χ0) is 11.7. The molecule has 0 saturated carbocycles. The average Bonchev–Trinajstić information content (AvgIpc) is 2.27. The highest BCUT2D eigenvalue weighted by Gasteiger charge is 2.34. The van der Waals surface area contributed by atoms with E-state index in [9.17, 15) is 4.79 Å². The zero-order valence-corrected chi connectivity index (χ0v) is 9.64. The molecule has 1 aromatic rings. The number of amides is 1. The normalized spacial score (nSPS) is 22.7. The molecule has 1 heterocycles. The number of benzene rings is 1. The molecule has 0 aliphatic carbocycles. The highest BCUT2D eigenvalue weighted by atomic mass is 16.6. The number of ether oxygens (including phenoxy) is 2. The Hall–Kier alpha value is -1.71. The molecule has 1 aliphatic rings. The highest BCUT2D eigenvalue weighted by Crippen LogP contribution is 2.33. The van der Waals surface area contributed by atoms with Gasteiger partial charge in [0.15, 0.2) is 11.5 Å². The van der Waals surface area contributed by atoms with Crippen LogP contribution in [0.3, 0.4) is 0 Å². The fraction of sp³-hybridized carbons (Fsp3) is 0.417. The molecule has 4 heteroatoms. The number of para-hydroxylation sites is 2. The molecule has 0 saturated heterocycles. The summed E-state index contributed by atoms with van der Waals surface area (Å²) in [5, 5.41) is 0. The molecular weight excluding hydrogens is 206 g/mol. The van der Waals surface area contributed by atoms with Crippen LogP contribution in [0.25, 0.3) is 0 Å². The second-order valence-corrected chi connectivity index (χ2v) is 4.04. The first-order valence-corrected chi connectivity index (χ1v) is 5.23. The molecule has 0 aromatic heterocycles. The van der Waals surface area contributed by atoms with Crippen LogP contribution >= 0.6 is 0 Å². The zero-order valence-electron chi connectivity index (χ0n) is 9.64. The summed E-state index contributed by atoms with van der Waals surface area (Å²) < 4.78 is 11.3. The SMILES string of the molecule is C[C@H]1Oc2ccccc2O[C@@H]1C(=O)N(C)C. The second kappa shape index (κ2) is 4.04. The van der Waals surface area contributed by atoms with Crippen LogP contribution in [0, 0.1) is 0 Å². The van der Waals surface area contributed by atoms with E-state index < -0.39 is 6.10 Å². The number of nitrogens with zero attached hydrogens (tertiary/aromatic N) is 1. The molecule has 1 aliphatic heterocycles. The summed E-state index contributed by atoms with van der Waals surface area (Å²) in [4.78, 5) is 13.4. The van der Waals surface area contributed by atoms with Gasteiger partial charge in [0.25, 0.3) is 5.91 Å². The minimum absolute atomic E-state index is 0.0815. The predicted octanol–water partition coefficient (Wildman–Crippen LogP) is 1.30. The van der Waals surface area contributed by atoms with Crippen LogP contribution in [0.5, 0.6) is 11.5 Å². The Labute approximate surface area is 94.8 Å². The first kappa shape index (κ1) is 10.8. The Morgan fingerprint density at radius 1 is 1.19 bits per heavy atom. The Bertz CT molecular complexity index is 403. The molecular formula is C12H15NO3. The second-order valence-electron chi connectivity index (χ2n) is 4.04. The maximum Gasteiger partial charge on any atom is 0.267 e. The van der Waals surface area contributed by atoms with Gasteiger partial charge in [0.05, 0.1) is 0 Å². The van der Waals surface area contributed by atoms with Crippen molar-refractivity contribution in [2.45, 2.75) is 19.1 Å². The highest BCUT2D eigenvalue weighted by molar-refractivity contribution is 5.81. The first-order chi connectivity index (χ1) is 7.59. The van der Waals surface area contributed by atoms with E-state index >= 15 is 0 Å². The van der Waals surface area contributed by atoms with E-state index in [4.69, 9.17) is 9.47 Å². The Morgan fingerprint density at radius 3 is 2.31 bits per heavy atom. The molecule has 0 fully saturated rings. The van der Waals surface area contributed by atoms with E-state index in [-0.39, 0.29) is 12.0 Å². The number of hydrogen-bond donors (Lipinski definition) is 0. The number of hydrogen-bond acceptors (Lipinski definition) is 3. The van der Waals surface area contributed by atoms with Gasteiger partial charge in [-0.1, -0.05) is 12.1 Å². The van der Waals surface area contributed by atoms with Crippen LogP contribution in [0.15, 0.2) is 24.3 Å². The largest absolute Gasteiger partial charge is 0.482 e. The van der Waals surface area contributed by atoms with Gasteiger partial charge in [0, 0.05) is 14.1 Å². The Kier molecular flexibility index (Phi) is 2.73. The van der Waals surface area contributed by atoms with Gasteiger partial charge in [0.1, 0.15) is 6.10 Å². The van der Waals surface area contributed by atoms with E-state index in [1.807, 2.05) is 25.1 Å². The Morgan fingerprint density at radius 2 is 1.75 bits per heavy atom. The van der Waals surface area contributed by atoms with Crippen LogP contribution in [0.4, 0.5) is 0 Å². The van der Waals surface area contributed by atoms with Crippen LogP contribution in [0.1, 0.15) is 6.92 Å². The number of rotatable bonds is 1. The van der Waals surface area contributed by atoms with Crippen molar-refractivity contribution in [3.05, 3.63) is 24.3 Å². The molecule has 2 atom stereocenters. The van der Waals surface area contributed by atoms with E-state index in [0.29, 0.717) is 11.5 Å². The van der Waals surface area contributed by atoms with Gasteiger partial charge >= 0.3 is 0 Å². The van der Waals surface area contributed by atoms with Gasteiger partial charge in [-0.05, 0) is 19.1 Å². The molecule has 1 aromatic carbocycles. The van der Waals surface area contributed by atoms with Gasteiger partial charge in [-0.3, -0.25) is 4.79 Å². The van der Waals surface area contributed by atoms with E-state index in [0.717, 1.165) is 0 Å². The molecule has 0 bridgehead atoms. The van der Waals surface area contributed by atoms with Crippen molar-refractivity contribution in [2.24, 2.45) is 0 Å². The minimum atomic E-state index is -0.565. The molecule has 0 N–H and O–H groups in total. The van der Waals surface area contributed by atoms with Crippen molar-refractivity contribution >= 4 is 5.91 Å². The third-order valence-electron chi connectivity index (χ3n) is 2.53. The molecule has 2 rings (SSSR count). The maximum absolute atomic E-state index is 11.8. The van der Waals surface area contributed by atoms with Crippen molar-refractivity contribution in [2.75, 3.05) is 14.1 Å². The van der Waals surface area contributed by atoms with Crippen LogP contribution in [0.2, 0.25) is 0 Å². The summed E-state index contributed by atoms with van der Waals surface area (Å²) in [5.74, 6) is 1.24. The molecule has 4 nitrogen and oxygen atoms in total. The number of likely N-dealkylation sites (N-methyl/N-ethyl adjacent to an activating group) is 1. The predicted molar refractivity (Wildman–Crippen MR) is 59.6 cm³/mol. The summed E-state index contributed by atoms with van der Waals surface area (Å²) in [7, 11) is 3.41. The number of fused-ring (bicyclic) bond motifs is 1. The quantitative estimate of drug-likeness (QED) is 0.717. The summed E-state index contributed by atoms with van der Waals surface area (Å²) in [6, 6.07) is 7.37. The lowest BCUT2D eigenvalue weighted by atomic mass is 10.1. The maximum atomic E-state index is 11.8. The van der Waals surface area contributed by atoms with Crippen molar-refractivity contribution < 1.29 is 14.3 Å². The van der Waals surface area contributed by atoms with Crippen molar-refractivity contribution in [1.82, 2.24) is 4.90 Å². The van der Waals surface area contributed by atoms with Gasteiger partial charge in [-0.15, -0.1) is 0 Å². The summed E-state index contributed by atoms with van der Waals surface area (Å²) >= 11 is 0. The molecule has 0 unspecified atom stereocenters. The van der Waals surface area contributed by atoms with Crippen molar-refractivity contribution in [1.29, 1.82) is 0 Å². The van der Waals surface area contributed by atoms with Crippen LogP contribution in [-0.2, 0) is 4.79 Å². The van der Waals surface area contributed by atoms with Crippen molar-refractivity contribution in [3.8, 4) is 11.5 Å². The van der Waals surface area contributed by atoms with Crippen LogP contribution < -0.4 is 9.47 Å². The average molecular weight is 221 g/mol. The van der Waals surface area contributed by atoms with Gasteiger partial charge in [-0.25, -0.2) is 0 Å². The fourth-order valence-corrected chi connectivity index (χ4v) is 1.65. The third-order valence-corrected chi connectivity index (χ3v) is 2.53. The van der Waals surface area contributed by atoms with E-state index in [1.165, 1.54) is 4.90 Å². The van der Waals surface area contributed by atoms with Crippen LogP contribution in [-0.4, -0.2) is 37.1 Å². The fourth-order valence-electron chi connectivity index (χ4n) is 1.65. The molecule has 0 radical (unpaired) electrons. The first-order valence-electron chi connectivity index (χ1n) is 5.23. The van der Waals surface area contributed by atoms with E-state index in [2.05, 4.69) is 0 Å². The lowest BCUT2D eigenvalue weighted by molar-refractivity contribution is -0.141. The van der Waals surface area contributed by atoms with Gasteiger partial charge < -0.3 is 14.4 Å². The monoisotopic (exact) mass is 221 g/mol. The standard InChI is InChI=1S/C12H15NO3/c1-8-11(12(14)13(2)3)16-10-7-5-4-6-9(10)15-8/h4-8,11H,1-3H3/t8-,11+/m1/s1. The topological polar surface area (TPSA) is 38.8 Å². The number of carbonyl (C=O) groups is 1. The molecule has 86 valence electrons. The molecule has 16 heavy (non-hydrogen) atoms. The number of carbonyl (C=O) groups excluding carboxylic acids is 1. The third kappa shape index (κ3) is 1.83. The summed E-state index contributed by atoms with van der Waals surface area (Å²) in [5.41, 5.74) is 0. The lowest BCUT2D eigenvalue weighted by Gasteiger charge is -2.32.